The Morgan fingerprint density at radius 1 is 1.40 bits per heavy atom. The number of hydrogen-bond acceptors (Lipinski definition) is 2. The maximum Gasteiger partial charge on any atom is 0.127 e. The molecule has 2 rings (SSSR count). The summed E-state index contributed by atoms with van der Waals surface area (Å²) in [7, 11) is 0. The van der Waals surface area contributed by atoms with Crippen molar-refractivity contribution in [1.29, 1.82) is 0 Å². The van der Waals surface area contributed by atoms with Crippen LogP contribution in [0.5, 0.6) is 5.75 Å². The van der Waals surface area contributed by atoms with Gasteiger partial charge >= 0.3 is 0 Å². The first-order chi connectivity index (χ1) is 7.18. The van der Waals surface area contributed by atoms with Crippen molar-refractivity contribution in [3.8, 4) is 5.75 Å². The van der Waals surface area contributed by atoms with Crippen molar-refractivity contribution in [3.63, 3.8) is 0 Å². The number of hydrogen-bond donors (Lipinski definition) is 1. The molecule has 0 saturated heterocycles. The Hall–Kier alpha value is -1.31. The summed E-state index contributed by atoms with van der Waals surface area (Å²) in [5.74, 6) is 1.06. The molecule has 1 aliphatic rings. The van der Waals surface area contributed by atoms with E-state index in [1.165, 1.54) is 12.8 Å². The van der Waals surface area contributed by atoms with Crippen LogP contribution in [0.2, 0.25) is 0 Å². The zero-order valence-electron chi connectivity index (χ0n) is 9.27. The predicted octanol–water partition coefficient (Wildman–Crippen LogP) is 2.92. The highest BCUT2D eigenvalue weighted by Crippen LogP contribution is 2.30. The summed E-state index contributed by atoms with van der Waals surface area (Å²) in [5.41, 5.74) is 1.73. The lowest BCUT2D eigenvalue weighted by atomic mass is 9.82. The number of rotatable bonds is 2. The highest BCUT2D eigenvalue weighted by Gasteiger charge is 2.25. The Morgan fingerprint density at radius 2 is 2.20 bits per heavy atom. The molecule has 1 aliphatic carbocycles. The first-order valence-electron chi connectivity index (χ1n) is 5.50. The van der Waals surface area contributed by atoms with Crippen LogP contribution in [0, 0.1) is 12.8 Å². The lowest BCUT2D eigenvalue weighted by Crippen LogP contribution is -2.26. The van der Waals surface area contributed by atoms with Gasteiger partial charge in [-0.1, -0.05) is 19.1 Å². The molecular weight excluding hydrogens is 186 g/mol. The van der Waals surface area contributed by atoms with E-state index < -0.39 is 0 Å². The van der Waals surface area contributed by atoms with E-state index in [2.05, 4.69) is 11.9 Å². The van der Waals surface area contributed by atoms with Crippen molar-refractivity contribution < 1.29 is 5.11 Å². The molecule has 0 aromatic heterocycles. The average molecular weight is 203 g/mol. The SMILES string of the molecule is Cc1cccc(C=NC2CCC2C)c1O. The van der Waals surface area contributed by atoms with Crippen LogP contribution in [0.15, 0.2) is 23.2 Å². The molecule has 1 aromatic carbocycles. The Labute approximate surface area is 90.7 Å². The number of phenols is 1. The van der Waals surface area contributed by atoms with Gasteiger partial charge in [0.25, 0.3) is 0 Å². The van der Waals surface area contributed by atoms with Crippen molar-refractivity contribution in [2.45, 2.75) is 32.7 Å². The first kappa shape index (κ1) is 10.2. The van der Waals surface area contributed by atoms with Gasteiger partial charge in [-0.2, -0.15) is 0 Å². The number of benzene rings is 1. The van der Waals surface area contributed by atoms with Crippen molar-refractivity contribution in [2.24, 2.45) is 10.9 Å². The second kappa shape index (κ2) is 4.05. The quantitative estimate of drug-likeness (QED) is 0.736. The molecule has 1 saturated carbocycles. The van der Waals surface area contributed by atoms with Gasteiger partial charge in [0, 0.05) is 11.8 Å². The number of nitrogens with zero attached hydrogens (tertiary/aromatic N) is 1. The molecule has 2 nitrogen and oxygen atoms in total. The van der Waals surface area contributed by atoms with E-state index in [9.17, 15) is 5.11 Å². The highest BCUT2D eigenvalue weighted by molar-refractivity contribution is 5.84. The summed E-state index contributed by atoms with van der Waals surface area (Å²) in [6.07, 6.45) is 4.27. The van der Waals surface area contributed by atoms with Crippen LogP contribution in [0.3, 0.4) is 0 Å². The maximum atomic E-state index is 9.78. The molecular formula is C13H17NO. The highest BCUT2D eigenvalue weighted by atomic mass is 16.3. The summed E-state index contributed by atoms with van der Waals surface area (Å²) >= 11 is 0. The first-order valence-corrected chi connectivity index (χ1v) is 5.50. The summed E-state index contributed by atoms with van der Waals surface area (Å²) in [6, 6.07) is 6.21. The molecule has 0 bridgehead atoms. The van der Waals surface area contributed by atoms with E-state index in [0.717, 1.165) is 11.1 Å². The minimum Gasteiger partial charge on any atom is -0.507 e. The van der Waals surface area contributed by atoms with Crippen LogP contribution in [0.1, 0.15) is 30.9 Å². The third-order valence-electron chi connectivity index (χ3n) is 3.25. The maximum absolute atomic E-state index is 9.78. The van der Waals surface area contributed by atoms with Crippen molar-refractivity contribution in [3.05, 3.63) is 29.3 Å². The van der Waals surface area contributed by atoms with Crippen molar-refractivity contribution in [2.75, 3.05) is 0 Å². The molecule has 0 radical (unpaired) electrons. The Bertz CT molecular complexity index is 384. The molecule has 1 aromatic rings. The fourth-order valence-electron chi connectivity index (χ4n) is 1.83. The molecule has 0 spiro atoms. The normalized spacial score (nSPS) is 25.5. The van der Waals surface area contributed by atoms with E-state index in [1.807, 2.05) is 31.3 Å². The van der Waals surface area contributed by atoms with Gasteiger partial charge in [-0.25, -0.2) is 0 Å². The van der Waals surface area contributed by atoms with Gasteiger partial charge in [0.15, 0.2) is 0 Å². The van der Waals surface area contributed by atoms with Crippen molar-refractivity contribution >= 4 is 6.21 Å². The third kappa shape index (κ3) is 2.04. The van der Waals surface area contributed by atoms with E-state index in [4.69, 9.17) is 0 Å². The fourth-order valence-corrected chi connectivity index (χ4v) is 1.83. The van der Waals surface area contributed by atoms with Gasteiger partial charge in [0.2, 0.25) is 0 Å². The van der Waals surface area contributed by atoms with E-state index >= 15 is 0 Å². The molecule has 1 N–H and O–H groups in total. The van der Waals surface area contributed by atoms with E-state index in [1.54, 1.807) is 0 Å². The molecule has 1 fully saturated rings. The lowest BCUT2D eigenvalue weighted by Gasteiger charge is -2.30. The van der Waals surface area contributed by atoms with Gasteiger partial charge in [-0.3, -0.25) is 4.99 Å². The molecule has 2 heteroatoms. The Morgan fingerprint density at radius 3 is 2.80 bits per heavy atom. The van der Waals surface area contributed by atoms with Crippen LogP contribution >= 0.6 is 0 Å². The van der Waals surface area contributed by atoms with Gasteiger partial charge in [0.1, 0.15) is 5.75 Å². The Balaban J connectivity index is 2.13. The van der Waals surface area contributed by atoms with E-state index in [0.29, 0.717) is 17.7 Å². The van der Waals surface area contributed by atoms with E-state index in [-0.39, 0.29) is 0 Å². The molecule has 15 heavy (non-hydrogen) atoms. The van der Waals surface area contributed by atoms with Crippen LogP contribution in [-0.2, 0) is 0 Å². The van der Waals surface area contributed by atoms with Crippen LogP contribution in [0.25, 0.3) is 0 Å². The molecule has 0 heterocycles. The van der Waals surface area contributed by atoms with Gasteiger partial charge in [0.05, 0.1) is 6.04 Å². The molecule has 80 valence electrons. The van der Waals surface area contributed by atoms with Crippen LogP contribution in [0.4, 0.5) is 0 Å². The molecule has 0 amide bonds. The van der Waals surface area contributed by atoms with Gasteiger partial charge in [-0.05, 0) is 37.3 Å². The minimum atomic E-state index is 0.355. The number of phenolic OH excluding ortho intramolecular Hbond substituents is 1. The predicted molar refractivity (Wildman–Crippen MR) is 62.6 cm³/mol. The topological polar surface area (TPSA) is 32.6 Å². The number of aryl methyl sites for hydroxylation is 1. The fraction of sp³-hybridized carbons (Fsp3) is 0.462. The minimum absolute atomic E-state index is 0.355. The summed E-state index contributed by atoms with van der Waals surface area (Å²) in [4.78, 5) is 4.50. The average Bonchev–Trinajstić information content (AvgIpc) is 2.22. The van der Waals surface area contributed by atoms with Crippen LogP contribution in [-0.4, -0.2) is 17.4 Å². The van der Waals surface area contributed by atoms with Gasteiger partial charge in [-0.15, -0.1) is 0 Å². The molecule has 0 aliphatic heterocycles. The smallest absolute Gasteiger partial charge is 0.127 e. The summed E-state index contributed by atoms with van der Waals surface area (Å²) in [5, 5.41) is 9.78. The van der Waals surface area contributed by atoms with Gasteiger partial charge < -0.3 is 5.11 Å². The lowest BCUT2D eigenvalue weighted by molar-refractivity contribution is 0.285. The standard InChI is InChI=1S/C13H17NO/c1-9-6-7-12(9)14-8-11-5-3-4-10(2)13(11)15/h3-5,8-9,12,15H,6-7H2,1-2H3. The second-order valence-electron chi connectivity index (χ2n) is 4.41. The van der Waals surface area contributed by atoms with Crippen LogP contribution < -0.4 is 0 Å². The summed E-state index contributed by atoms with van der Waals surface area (Å²) < 4.78 is 0. The zero-order valence-corrected chi connectivity index (χ0v) is 9.27. The Kier molecular flexibility index (Phi) is 2.76. The zero-order chi connectivity index (χ0) is 10.8. The third-order valence-corrected chi connectivity index (χ3v) is 3.25. The number of aromatic hydroxyl groups is 1. The monoisotopic (exact) mass is 203 g/mol. The molecule has 2 atom stereocenters. The largest absolute Gasteiger partial charge is 0.507 e. The van der Waals surface area contributed by atoms with Crippen molar-refractivity contribution in [1.82, 2.24) is 0 Å². The molecule has 2 unspecified atom stereocenters. The number of aliphatic imine (C=N–C) groups is 1. The summed E-state index contributed by atoms with van der Waals surface area (Å²) in [6.45, 7) is 4.13. The number of para-hydroxylation sites is 1. The second-order valence-corrected chi connectivity index (χ2v) is 4.41.